The largest absolute Gasteiger partial charge is 0.396 e. The molecule has 1 heteroatoms. The summed E-state index contributed by atoms with van der Waals surface area (Å²) in [5.74, 6) is 0. The van der Waals surface area contributed by atoms with Gasteiger partial charge in [0.25, 0.3) is 0 Å². The van der Waals surface area contributed by atoms with Crippen LogP contribution in [0.3, 0.4) is 0 Å². The standard InChI is InChI=1S/C27H56O.CH4/c1-2-3-4-5-6-7-8-9-10-11-12-13-14-15-16-17-18-19-20-21-22-23-24-25-26-27-28;/h28H,2-27H2,1H3;1H4. The molecule has 0 saturated carbocycles. The summed E-state index contributed by atoms with van der Waals surface area (Å²) in [5, 5.41) is 8.74. The molecule has 0 saturated heterocycles. The first-order valence-electron chi connectivity index (χ1n) is 13.5. The van der Waals surface area contributed by atoms with Crippen LogP contribution in [-0.4, -0.2) is 11.7 Å². The van der Waals surface area contributed by atoms with Crippen molar-refractivity contribution in [3.63, 3.8) is 0 Å². The first kappa shape index (κ1) is 31.1. The van der Waals surface area contributed by atoms with E-state index in [9.17, 15) is 0 Å². The molecule has 0 aromatic rings. The van der Waals surface area contributed by atoms with E-state index in [0.717, 1.165) is 6.42 Å². The molecule has 0 aliphatic rings. The molecular formula is C28H60O. The second kappa shape index (κ2) is 30.2. The van der Waals surface area contributed by atoms with Crippen molar-refractivity contribution in [2.24, 2.45) is 0 Å². The van der Waals surface area contributed by atoms with Gasteiger partial charge in [0.2, 0.25) is 0 Å². The summed E-state index contributed by atoms with van der Waals surface area (Å²) < 4.78 is 0. The molecule has 29 heavy (non-hydrogen) atoms. The Morgan fingerprint density at radius 2 is 0.483 bits per heavy atom. The summed E-state index contributed by atoms with van der Waals surface area (Å²) in [6, 6.07) is 0. The monoisotopic (exact) mass is 412 g/mol. The molecule has 0 radical (unpaired) electrons. The summed E-state index contributed by atoms with van der Waals surface area (Å²) in [4.78, 5) is 0. The van der Waals surface area contributed by atoms with Gasteiger partial charge in [-0.1, -0.05) is 168 Å². The van der Waals surface area contributed by atoms with E-state index >= 15 is 0 Å². The highest BCUT2D eigenvalue weighted by atomic mass is 16.2. The van der Waals surface area contributed by atoms with Crippen LogP contribution < -0.4 is 0 Å². The maximum Gasteiger partial charge on any atom is 0.0431 e. The van der Waals surface area contributed by atoms with Crippen LogP contribution in [-0.2, 0) is 0 Å². The van der Waals surface area contributed by atoms with Crippen molar-refractivity contribution in [3.8, 4) is 0 Å². The van der Waals surface area contributed by atoms with Crippen LogP contribution in [0.2, 0.25) is 0 Å². The quantitative estimate of drug-likeness (QED) is 0.148. The van der Waals surface area contributed by atoms with Gasteiger partial charge in [-0.2, -0.15) is 0 Å². The fraction of sp³-hybridized carbons (Fsp3) is 1.00. The zero-order valence-corrected chi connectivity index (χ0v) is 19.8. The van der Waals surface area contributed by atoms with E-state index in [1.807, 2.05) is 0 Å². The van der Waals surface area contributed by atoms with Crippen LogP contribution >= 0.6 is 0 Å². The van der Waals surface area contributed by atoms with Crippen LogP contribution in [0.25, 0.3) is 0 Å². The van der Waals surface area contributed by atoms with Gasteiger partial charge in [0, 0.05) is 6.61 Å². The lowest BCUT2D eigenvalue weighted by molar-refractivity contribution is 0.282. The van der Waals surface area contributed by atoms with E-state index in [1.165, 1.54) is 154 Å². The number of hydrogen-bond acceptors (Lipinski definition) is 1. The predicted molar refractivity (Wildman–Crippen MR) is 135 cm³/mol. The highest BCUT2D eigenvalue weighted by Gasteiger charge is 1.96. The van der Waals surface area contributed by atoms with E-state index in [2.05, 4.69) is 6.92 Å². The molecule has 0 aliphatic heterocycles. The van der Waals surface area contributed by atoms with Gasteiger partial charge < -0.3 is 5.11 Å². The lowest BCUT2D eigenvalue weighted by Gasteiger charge is -2.04. The van der Waals surface area contributed by atoms with E-state index in [1.54, 1.807) is 0 Å². The van der Waals surface area contributed by atoms with E-state index < -0.39 is 0 Å². The second-order valence-corrected chi connectivity index (χ2v) is 9.21. The molecule has 0 aliphatic carbocycles. The minimum Gasteiger partial charge on any atom is -0.396 e. The molecule has 0 heterocycles. The lowest BCUT2D eigenvalue weighted by Crippen LogP contribution is -1.85. The Balaban J connectivity index is 0. The average molecular weight is 413 g/mol. The van der Waals surface area contributed by atoms with Crippen LogP contribution in [0.15, 0.2) is 0 Å². The summed E-state index contributed by atoms with van der Waals surface area (Å²) in [6.07, 6.45) is 35.6. The number of unbranched alkanes of at least 4 members (excludes halogenated alkanes) is 24. The Bertz CT molecular complexity index is 225. The Labute approximate surface area is 186 Å². The van der Waals surface area contributed by atoms with Gasteiger partial charge in [-0.25, -0.2) is 0 Å². The van der Waals surface area contributed by atoms with Crippen LogP contribution in [0.1, 0.15) is 175 Å². The van der Waals surface area contributed by atoms with Gasteiger partial charge in [-0.3, -0.25) is 0 Å². The van der Waals surface area contributed by atoms with Gasteiger partial charge in [-0.05, 0) is 6.42 Å². The molecule has 178 valence electrons. The number of aliphatic hydroxyl groups excluding tert-OH is 1. The maximum absolute atomic E-state index is 8.74. The molecule has 1 N–H and O–H groups in total. The van der Waals surface area contributed by atoms with Gasteiger partial charge in [0.1, 0.15) is 0 Å². The van der Waals surface area contributed by atoms with Crippen LogP contribution in [0.4, 0.5) is 0 Å². The molecular weight excluding hydrogens is 352 g/mol. The minimum absolute atomic E-state index is 0. The smallest absolute Gasteiger partial charge is 0.0431 e. The van der Waals surface area contributed by atoms with Crippen molar-refractivity contribution in [2.75, 3.05) is 6.61 Å². The number of hydrogen-bond donors (Lipinski definition) is 1. The SMILES string of the molecule is C.CCCCCCCCCCCCCCCCCCCCCCCCCCCO. The highest BCUT2D eigenvalue weighted by Crippen LogP contribution is 2.15. The first-order chi connectivity index (χ1) is 13.9. The zero-order valence-electron chi connectivity index (χ0n) is 19.8. The Morgan fingerprint density at radius 3 is 0.655 bits per heavy atom. The van der Waals surface area contributed by atoms with Crippen molar-refractivity contribution in [1.82, 2.24) is 0 Å². The van der Waals surface area contributed by atoms with Crippen molar-refractivity contribution in [3.05, 3.63) is 0 Å². The second-order valence-electron chi connectivity index (χ2n) is 9.21. The van der Waals surface area contributed by atoms with Crippen molar-refractivity contribution in [2.45, 2.75) is 175 Å². The fourth-order valence-corrected chi connectivity index (χ4v) is 4.25. The fourth-order valence-electron chi connectivity index (χ4n) is 4.25. The first-order valence-corrected chi connectivity index (χ1v) is 13.5. The van der Waals surface area contributed by atoms with Crippen LogP contribution in [0, 0.1) is 0 Å². The normalized spacial score (nSPS) is 11.0. The van der Waals surface area contributed by atoms with Crippen LogP contribution in [0.5, 0.6) is 0 Å². The third-order valence-electron chi connectivity index (χ3n) is 6.26. The third-order valence-corrected chi connectivity index (χ3v) is 6.26. The third kappa shape index (κ3) is 30.2. The molecule has 0 spiro atoms. The molecule has 0 fully saturated rings. The summed E-state index contributed by atoms with van der Waals surface area (Å²) in [5.41, 5.74) is 0. The van der Waals surface area contributed by atoms with Gasteiger partial charge in [0.15, 0.2) is 0 Å². The molecule has 0 aromatic heterocycles. The van der Waals surface area contributed by atoms with Gasteiger partial charge >= 0.3 is 0 Å². The van der Waals surface area contributed by atoms with E-state index in [4.69, 9.17) is 5.11 Å². The van der Waals surface area contributed by atoms with Crippen molar-refractivity contribution >= 4 is 0 Å². The Hall–Kier alpha value is -0.0400. The molecule has 0 rings (SSSR count). The topological polar surface area (TPSA) is 20.2 Å². The molecule has 0 aromatic carbocycles. The van der Waals surface area contributed by atoms with E-state index in [0.29, 0.717) is 6.61 Å². The van der Waals surface area contributed by atoms with Gasteiger partial charge in [0.05, 0.1) is 0 Å². The maximum atomic E-state index is 8.74. The number of rotatable bonds is 25. The molecule has 1 nitrogen and oxygen atoms in total. The minimum atomic E-state index is 0. The summed E-state index contributed by atoms with van der Waals surface area (Å²) in [7, 11) is 0. The molecule has 0 amide bonds. The number of aliphatic hydroxyl groups is 1. The van der Waals surface area contributed by atoms with Crippen molar-refractivity contribution < 1.29 is 5.11 Å². The summed E-state index contributed by atoms with van der Waals surface area (Å²) >= 11 is 0. The highest BCUT2D eigenvalue weighted by molar-refractivity contribution is 4.51. The van der Waals surface area contributed by atoms with E-state index in [-0.39, 0.29) is 7.43 Å². The summed E-state index contributed by atoms with van der Waals surface area (Å²) in [6.45, 7) is 2.67. The Morgan fingerprint density at radius 1 is 0.310 bits per heavy atom. The van der Waals surface area contributed by atoms with Gasteiger partial charge in [-0.15, -0.1) is 0 Å². The van der Waals surface area contributed by atoms with Crippen molar-refractivity contribution in [1.29, 1.82) is 0 Å². The molecule has 0 atom stereocenters. The molecule has 0 unspecified atom stereocenters. The molecule has 0 bridgehead atoms. The lowest BCUT2D eigenvalue weighted by atomic mass is 10.0. The zero-order chi connectivity index (χ0) is 20.4. The predicted octanol–water partition coefficient (Wildman–Crippen LogP) is 10.4. The Kier molecular flexibility index (Phi) is 32.4. The average Bonchev–Trinajstić information content (AvgIpc) is 2.71.